The van der Waals surface area contributed by atoms with Crippen molar-refractivity contribution in [2.75, 3.05) is 12.4 Å². The molecule has 6 nitrogen and oxygen atoms in total. The summed E-state index contributed by atoms with van der Waals surface area (Å²) in [6, 6.07) is 15.3. The molecule has 1 unspecified atom stereocenters. The van der Waals surface area contributed by atoms with E-state index >= 15 is 0 Å². The van der Waals surface area contributed by atoms with Crippen LogP contribution >= 0.6 is 0 Å². The molecule has 1 aliphatic heterocycles. The molecule has 0 saturated carbocycles. The number of nitrogens with zero attached hydrogens (tertiary/aromatic N) is 3. The minimum atomic E-state index is -0.147. The van der Waals surface area contributed by atoms with Crippen molar-refractivity contribution in [2.24, 2.45) is 0 Å². The van der Waals surface area contributed by atoms with E-state index in [1.54, 1.807) is 19.2 Å². The number of aryl methyl sites for hydroxylation is 2. The summed E-state index contributed by atoms with van der Waals surface area (Å²) in [6.07, 6.45) is 2.91. The second-order valence-corrected chi connectivity index (χ2v) is 7.04. The molecular weight excluding hydrogens is 352 g/mol. The Kier molecular flexibility index (Phi) is 5.10. The number of rotatable bonds is 5. The quantitative estimate of drug-likeness (QED) is 0.735. The highest BCUT2D eigenvalue weighted by atomic mass is 16.5. The van der Waals surface area contributed by atoms with Crippen LogP contribution in [0.15, 0.2) is 48.5 Å². The second kappa shape index (κ2) is 7.84. The molecule has 1 aromatic heterocycles. The highest BCUT2D eigenvalue weighted by molar-refractivity contribution is 6.04. The molecule has 144 valence electrons. The number of anilines is 1. The number of ether oxygens (including phenoxy) is 1. The topological polar surface area (TPSA) is 69.0 Å². The number of nitrogens with one attached hydrogen (secondary N) is 1. The first-order chi connectivity index (χ1) is 13.7. The molecular formula is C22H24N4O2. The Morgan fingerprint density at radius 2 is 2.04 bits per heavy atom. The van der Waals surface area contributed by atoms with Crippen molar-refractivity contribution in [1.29, 1.82) is 0 Å². The van der Waals surface area contributed by atoms with E-state index < -0.39 is 0 Å². The van der Waals surface area contributed by atoms with Crippen molar-refractivity contribution in [3.8, 4) is 5.75 Å². The number of benzene rings is 2. The van der Waals surface area contributed by atoms with Gasteiger partial charge in [0.1, 0.15) is 17.4 Å². The summed E-state index contributed by atoms with van der Waals surface area (Å²) >= 11 is 0. The summed E-state index contributed by atoms with van der Waals surface area (Å²) in [5.41, 5.74) is 2.63. The molecule has 28 heavy (non-hydrogen) atoms. The highest BCUT2D eigenvalue weighted by Gasteiger charge is 2.23. The first-order valence-electron chi connectivity index (χ1n) is 9.64. The van der Waals surface area contributed by atoms with Crippen LogP contribution in [0, 0.1) is 0 Å². The van der Waals surface area contributed by atoms with Crippen molar-refractivity contribution < 1.29 is 9.53 Å². The van der Waals surface area contributed by atoms with Crippen LogP contribution in [-0.4, -0.2) is 27.8 Å². The van der Waals surface area contributed by atoms with E-state index in [4.69, 9.17) is 4.74 Å². The molecule has 0 saturated heterocycles. The van der Waals surface area contributed by atoms with E-state index in [9.17, 15) is 4.79 Å². The molecule has 1 N–H and O–H groups in total. The Bertz CT molecular complexity index is 965. The maximum absolute atomic E-state index is 12.5. The average Bonchev–Trinajstić information content (AvgIpc) is 3.16. The Balaban J connectivity index is 1.45. The average molecular weight is 376 g/mol. The lowest BCUT2D eigenvalue weighted by Gasteiger charge is -2.24. The Morgan fingerprint density at radius 3 is 2.79 bits per heavy atom. The Hall–Kier alpha value is -3.15. The standard InChI is InChI=1S/C22H24N4O2/c1-3-20-24-25-21-12-9-17(14-26(20)21)15-7-10-18(11-8-15)23-22(27)16-5-4-6-19(13-16)28-2/h4-8,10-11,13,17H,3,9,12,14H2,1-2H3,(H,23,27). The number of carbonyl (C=O) groups excluding carboxylic acids is 1. The van der Waals surface area contributed by atoms with E-state index in [1.165, 1.54) is 5.56 Å². The second-order valence-electron chi connectivity index (χ2n) is 7.04. The van der Waals surface area contributed by atoms with Gasteiger partial charge in [0.05, 0.1) is 7.11 Å². The monoisotopic (exact) mass is 376 g/mol. The number of fused-ring (bicyclic) bond motifs is 1. The summed E-state index contributed by atoms with van der Waals surface area (Å²) in [4.78, 5) is 12.5. The number of carbonyl (C=O) groups is 1. The zero-order valence-corrected chi connectivity index (χ0v) is 16.2. The molecule has 2 heterocycles. The molecule has 6 heteroatoms. The van der Waals surface area contributed by atoms with Crippen LogP contribution in [0.3, 0.4) is 0 Å². The van der Waals surface area contributed by atoms with E-state index in [-0.39, 0.29) is 5.91 Å². The van der Waals surface area contributed by atoms with Crippen molar-refractivity contribution in [3.05, 3.63) is 71.3 Å². The normalized spacial score (nSPS) is 15.7. The van der Waals surface area contributed by atoms with E-state index in [1.807, 2.05) is 24.3 Å². The van der Waals surface area contributed by atoms with Crippen molar-refractivity contribution in [1.82, 2.24) is 14.8 Å². The molecule has 0 bridgehead atoms. The van der Waals surface area contributed by atoms with E-state index in [0.29, 0.717) is 17.2 Å². The van der Waals surface area contributed by atoms with Gasteiger partial charge in [-0.05, 0) is 42.3 Å². The third kappa shape index (κ3) is 3.63. The molecule has 0 aliphatic carbocycles. The molecule has 2 aromatic carbocycles. The smallest absolute Gasteiger partial charge is 0.255 e. The summed E-state index contributed by atoms with van der Waals surface area (Å²) in [7, 11) is 1.59. The van der Waals surface area contributed by atoms with Crippen molar-refractivity contribution in [3.63, 3.8) is 0 Å². The van der Waals surface area contributed by atoms with Gasteiger partial charge in [-0.15, -0.1) is 10.2 Å². The predicted molar refractivity (Wildman–Crippen MR) is 108 cm³/mol. The third-order valence-corrected chi connectivity index (χ3v) is 5.31. The maximum atomic E-state index is 12.5. The predicted octanol–water partition coefficient (Wildman–Crippen LogP) is 3.83. The van der Waals surface area contributed by atoms with Gasteiger partial charge in [0.25, 0.3) is 5.91 Å². The van der Waals surface area contributed by atoms with Gasteiger partial charge in [0.2, 0.25) is 0 Å². The van der Waals surface area contributed by atoms with Gasteiger partial charge in [0.15, 0.2) is 0 Å². The lowest BCUT2D eigenvalue weighted by molar-refractivity contribution is 0.102. The SMILES string of the molecule is CCc1nnc2n1CC(c1ccc(NC(=O)c3cccc(OC)c3)cc1)CC2. The highest BCUT2D eigenvalue weighted by Crippen LogP contribution is 2.30. The zero-order valence-electron chi connectivity index (χ0n) is 16.2. The number of aromatic nitrogens is 3. The largest absolute Gasteiger partial charge is 0.497 e. The van der Waals surface area contributed by atoms with Gasteiger partial charge in [-0.3, -0.25) is 4.79 Å². The molecule has 0 fully saturated rings. The lowest BCUT2D eigenvalue weighted by atomic mass is 9.91. The van der Waals surface area contributed by atoms with Crippen LogP contribution < -0.4 is 10.1 Å². The van der Waals surface area contributed by atoms with Gasteiger partial charge in [-0.25, -0.2) is 0 Å². The summed E-state index contributed by atoms with van der Waals surface area (Å²) in [6.45, 7) is 3.03. The molecule has 3 aromatic rings. The van der Waals surface area contributed by atoms with Crippen molar-refractivity contribution in [2.45, 2.75) is 38.6 Å². The fraction of sp³-hybridized carbons (Fsp3) is 0.318. The van der Waals surface area contributed by atoms with Crippen molar-refractivity contribution >= 4 is 11.6 Å². The maximum Gasteiger partial charge on any atom is 0.255 e. The Labute approximate surface area is 164 Å². The van der Waals surface area contributed by atoms with E-state index in [2.05, 4.69) is 39.1 Å². The van der Waals surface area contributed by atoms with Crippen LogP contribution in [-0.2, 0) is 19.4 Å². The minimum Gasteiger partial charge on any atom is -0.497 e. The van der Waals surface area contributed by atoms with Gasteiger partial charge in [0, 0.05) is 36.6 Å². The molecule has 1 amide bonds. The van der Waals surface area contributed by atoms with Gasteiger partial charge >= 0.3 is 0 Å². The first-order valence-corrected chi connectivity index (χ1v) is 9.64. The fourth-order valence-corrected chi connectivity index (χ4v) is 3.72. The number of amides is 1. The van der Waals surface area contributed by atoms with Crippen LogP contribution in [0.2, 0.25) is 0 Å². The minimum absolute atomic E-state index is 0.147. The fourth-order valence-electron chi connectivity index (χ4n) is 3.72. The molecule has 4 rings (SSSR count). The summed E-state index contributed by atoms with van der Waals surface area (Å²) in [5.74, 6) is 3.11. The van der Waals surface area contributed by atoms with Gasteiger partial charge in [-0.2, -0.15) is 0 Å². The Morgan fingerprint density at radius 1 is 1.21 bits per heavy atom. The molecule has 0 spiro atoms. The van der Waals surface area contributed by atoms with E-state index in [0.717, 1.165) is 43.1 Å². The lowest BCUT2D eigenvalue weighted by Crippen LogP contribution is -2.20. The van der Waals surface area contributed by atoms with Crippen LogP contribution in [0.25, 0.3) is 0 Å². The molecule has 1 aliphatic rings. The first kappa shape index (κ1) is 18.2. The van der Waals surface area contributed by atoms with Crippen LogP contribution in [0.5, 0.6) is 5.75 Å². The molecule has 1 atom stereocenters. The third-order valence-electron chi connectivity index (χ3n) is 5.31. The summed E-state index contributed by atoms with van der Waals surface area (Å²) in [5, 5.41) is 11.5. The number of methoxy groups -OCH3 is 1. The van der Waals surface area contributed by atoms with Crippen LogP contribution in [0.4, 0.5) is 5.69 Å². The van der Waals surface area contributed by atoms with Crippen LogP contribution in [0.1, 0.15) is 46.8 Å². The van der Waals surface area contributed by atoms with Gasteiger partial charge in [-0.1, -0.05) is 25.1 Å². The molecule has 0 radical (unpaired) electrons. The number of hydrogen-bond donors (Lipinski definition) is 1. The summed E-state index contributed by atoms with van der Waals surface area (Å²) < 4.78 is 7.44. The van der Waals surface area contributed by atoms with Gasteiger partial charge < -0.3 is 14.6 Å². The number of hydrogen-bond acceptors (Lipinski definition) is 4. The zero-order chi connectivity index (χ0) is 19.5.